The van der Waals surface area contributed by atoms with Gasteiger partial charge in [-0.05, 0) is 55.8 Å². The summed E-state index contributed by atoms with van der Waals surface area (Å²) >= 11 is 2.01. The Balaban J connectivity index is 1.47. The first-order chi connectivity index (χ1) is 18.7. The van der Waals surface area contributed by atoms with Crippen LogP contribution in [0, 0.1) is 12.1 Å². The van der Waals surface area contributed by atoms with Crippen LogP contribution in [0.1, 0.15) is 12.5 Å². The van der Waals surface area contributed by atoms with Gasteiger partial charge in [-0.3, -0.25) is 0 Å². The lowest BCUT2D eigenvalue weighted by Gasteiger charge is -2.28. The van der Waals surface area contributed by atoms with E-state index in [1.165, 1.54) is 54.1 Å². The van der Waals surface area contributed by atoms with Crippen molar-refractivity contribution < 1.29 is 0 Å². The minimum absolute atomic E-state index is 0.0200. The fourth-order valence-electron chi connectivity index (χ4n) is 6.44. The second kappa shape index (κ2) is 8.12. The highest BCUT2D eigenvalue weighted by atomic mass is 32.2. The van der Waals surface area contributed by atoms with Gasteiger partial charge in [-0.2, -0.15) is 0 Å². The lowest BCUT2D eigenvalue weighted by molar-refractivity contribution is 0.620. The average molecular weight is 501 g/mol. The van der Waals surface area contributed by atoms with Crippen molar-refractivity contribution in [1.29, 1.82) is 0 Å². The Labute approximate surface area is 227 Å². The van der Waals surface area contributed by atoms with Crippen molar-refractivity contribution in [1.82, 2.24) is 0 Å². The van der Waals surface area contributed by atoms with E-state index >= 15 is 0 Å². The molecular formula is C37H24S. The van der Waals surface area contributed by atoms with Crippen LogP contribution in [0.15, 0.2) is 126 Å². The van der Waals surface area contributed by atoms with E-state index < -0.39 is 0 Å². The normalized spacial score (nSPS) is 19.6. The third kappa shape index (κ3) is 3.02. The van der Waals surface area contributed by atoms with Gasteiger partial charge in [0.1, 0.15) is 0 Å². The maximum absolute atomic E-state index is 3.51. The van der Waals surface area contributed by atoms with E-state index in [1.807, 2.05) is 11.8 Å². The zero-order valence-electron chi connectivity index (χ0n) is 21.0. The predicted octanol–water partition coefficient (Wildman–Crippen LogP) is 9.94. The molecule has 6 aromatic rings. The van der Waals surface area contributed by atoms with E-state index in [2.05, 4.69) is 140 Å². The highest BCUT2D eigenvalue weighted by Crippen LogP contribution is 2.56. The summed E-state index contributed by atoms with van der Waals surface area (Å²) in [6, 6.07) is 42.3. The first-order valence-electron chi connectivity index (χ1n) is 13.2. The fraction of sp³-hybridized carbons (Fsp3) is 0.0811. The van der Waals surface area contributed by atoms with Crippen molar-refractivity contribution in [2.45, 2.75) is 22.5 Å². The van der Waals surface area contributed by atoms with Gasteiger partial charge in [-0.25, -0.2) is 0 Å². The van der Waals surface area contributed by atoms with Gasteiger partial charge in [0, 0.05) is 32.1 Å². The Bertz CT molecular complexity index is 1920. The largest absolute Gasteiger partial charge is 0.116 e. The Morgan fingerprint density at radius 1 is 0.684 bits per heavy atom. The Kier molecular flexibility index (Phi) is 4.66. The summed E-state index contributed by atoms with van der Waals surface area (Å²) in [5.41, 5.74) is 6.42. The SMILES string of the molecule is CC12C=CC=CC1Sc1c(-c3c4ccccc4c(-c4c#cc5ccccc5c4)c4ccccc34)cccc12. The van der Waals surface area contributed by atoms with Crippen LogP contribution in [0.2, 0.25) is 0 Å². The van der Waals surface area contributed by atoms with Crippen molar-refractivity contribution in [3.8, 4) is 22.3 Å². The summed E-state index contributed by atoms with van der Waals surface area (Å²) in [4.78, 5) is 1.41. The van der Waals surface area contributed by atoms with Crippen LogP contribution in [0.4, 0.5) is 0 Å². The molecule has 178 valence electrons. The molecule has 0 nitrogen and oxygen atoms in total. The predicted molar refractivity (Wildman–Crippen MR) is 163 cm³/mol. The second-order valence-electron chi connectivity index (χ2n) is 10.5. The quantitative estimate of drug-likeness (QED) is 0.213. The van der Waals surface area contributed by atoms with Crippen molar-refractivity contribution in [2.24, 2.45) is 0 Å². The lowest BCUT2D eigenvalue weighted by atomic mass is 9.76. The number of allylic oxidation sites excluding steroid dienone is 3. The number of fused-ring (bicyclic) bond motifs is 6. The van der Waals surface area contributed by atoms with Gasteiger partial charge in [-0.1, -0.05) is 128 Å². The maximum Gasteiger partial charge on any atom is 0.0407 e. The standard InChI is InChI=1S/C37H24S/c1-37-22-9-8-19-33(37)38-36-31(17-10-18-32(36)37)35-29-15-6-4-13-27(29)34(28-14-5-7-16-30(28)35)26-21-20-24-11-2-3-12-25(24)23-26/h2-19,22-23,33H,1H3. The molecule has 0 N–H and O–H groups in total. The third-order valence-electron chi connectivity index (χ3n) is 8.33. The topological polar surface area (TPSA) is 0 Å². The van der Waals surface area contributed by atoms with Crippen LogP contribution in [-0.4, -0.2) is 5.25 Å². The molecule has 1 aliphatic heterocycles. The fourth-order valence-corrected chi connectivity index (χ4v) is 8.02. The Morgan fingerprint density at radius 2 is 1.37 bits per heavy atom. The summed E-state index contributed by atoms with van der Waals surface area (Å²) in [5.74, 6) is 0. The number of hydrogen-bond acceptors (Lipinski definition) is 1. The van der Waals surface area contributed by atoms with Crippen molar-refractivity contribution in [3.05, 3.63) is 139 Å². The van der Waals surface area contributed by atoms with Gasteiger partial charge >= 0.3 is 0 Å². The van der Waals surface area contributed by atoms with Gasteiger partial charge in [0.15, 0.2) is 0 Å². The number of hydrogen-bond donors (Lipinski definition) is 0. The van der Waals surface area contributed by atoms with E-state index in [4.69, 9.17) is 0 Å². The van der Waals surface area contributed by atoms with E-state index in [1.54, 1.807) is 0 Å². The molecule has 0 bridgehead atoms. The highest BCUT2D eigenvalue weighted by molar-refractivity contribution is 8.00. The molecule has 1 heterocycles. The molecule has 2 aliphatic rings. The van der Waals surface area contributed by atoms with Gasteiger partial charge in [0.2, 0.25) is 0 Å². The number of rotatable bonds is 2. The van der Waals surface area contributed by atoms with E-state index in [0.717, 1.165) is 10.9 Å². The van der Waals surface area contributed by atoms with E-state index in [9.17, 15) is 0 Å². The van der Waals surface area contributed by atoms with Crippen LogP contribution in [0.3, 0.4) is 0 Å². The van der Waals surface area contributed by atoms with Crippen molar-refractivity contribution in [2.75, 3.05) is 0 Å². The Morgan fingerprint density at radius 3 is 2.13 bits per heavy atom. The molecule has 0 spiro atoms. The molecule has 0 saturated heterocycles. The summed E-state index contributed by atoms with van der Waals surface area (Å²) < 4.78 is 0. The summed E-state index contributed by atoms with van der Waals surface area (Å²) in [6.45, 7) is 2.38. The third-order valence-corrected chi connectivity index (χ3v) is 9.91. The molecular weight excluding hydrogens is 476 g/mol. The number of benzene rings is 5. The molecule has 0 amide bonds. The summed E-state index contributed by atoms with van der Waals surface area (Å²) in [5, 5.41) is 7.77. The molecule has 0 saturated carbocycles. The smallest absolute Gasteiger partial charge is 0.0407 e. The van der Waals surface area contributed by atoms with Crippen molar-refractivity contribution in [3.63, 3.8) is 0 Å². The zero-order valence-corrected chi connectivity index (χ0v) is 21.8. The molecule has 1 aliphatic carbocycles. The summed E-state index contributed by atoms with van der Waals surface area (Å²) in [6.07, 6.45) is 9.14. The summed E-state index contributed by atoms with van der Waals surface area (Å²) in [7, 11) is 0. The molecule has 2 unspecified atom stereocenters. The molecule has 1 heteroatoms. The van der Waals surface area contributed by atoms with E-state index in [-0.39, 0.29) is 5.41 Å². The molecule has 2 atom stereocenters. The van der Waals surface area contributed by atoms with Gasteiger partial charge in [0.05, 0.1) is 0 Å². The van der Waals surface area contributed by atoms with Crippen LogP contribution in [0.25, 0.3) is 54.6 Å². The maximum atomic E-state index is 3.51. The minimum Gasteiger partial charge on any atom is -0.116 e. The van der Waals surface area contributed by atoms with Gasteiger partial charge in [0.25, 0.3) is 0 Å². The van der Waals surface area contributed by atoms with Gasteiger partial charge in [-0.15, -0.1) is 11.8 Å². The van der Waals surface area contributed by atoms with Gasteiger partial charge < -0.3 is 0 Å². The molecule has 0 fully saturated rings. The first-order valence-corrected chi connectivity index (χ1v) is 14.0. The molecule has 0 aromatic heterocycles. The van der Waals surface area contributed by atoms with E-state index in [0.29, 0.717) is 5.25 Å². The molecule has 8 rings (SSSR count). The van der Waals surface area contributed by atoms with Crippen molar-refractivity contribution >= 4 is 44.1 Å². The molecule has 38 heavy (non-hydrogen) atoms. The Hall–Kier alpha value is -4.25. The average Bonchev–Trinajstić information content (AvgIpc) is 3.28. The van der Waals surface area contributed by atoms with Crippen LogP contribution in [-0.2, 0) is 5.41 Å². The monoisotopic (exact) mass is 500 g/mol. The lowest BCUT2D eigenvalue weighted by Crippen LogP contribution is -2.28. The zero-order chi connectivity index (χ0) is 25.3. The second-order valence-corrected chi connectivity index (χ2v) is 11.6. The first kappa shape index (κ1) is 21.8. The number of thioether (sulfide) groups is 1. The van der Waals surface area contributed by atoms with Crippen LogP contribution >= 0.6 is 11.8 Å². The highest BCUT2D eigenvalue weighted by Gasteiger charge is 2.42. The molecule has 0 radical (unpaired) electrons. The van der Waals surface area contributed by atoms with Crippen LogP contribution < -0.4 is 0 Å². The minimum atomic E-state index is 0.0200. The van der Waals surface area contributed by atoms with Crippen LogP contribution in [0.5, 0.6) is 0 Å². The molecule has 6 aromatic carbocycles.